The van der Waals surface area contributed by atoms with Crippen LogP contribution >= 0.6 is 31.9 Å². The van der Waals surface area contributed by atoms with Crippen LogP contribution in [0.1, 0.15) is 0 Å². The van der Waals surface area contributed by atoms with E-state index in [-0.39, 0.29) is 5.82 Å². The molecule has 88 valence electrons. The number of anilines is 1. The van der Waals surface area contributed by atoms with Crippen molar-refractivity contribution in [3.63, 3.8) is 0 Å². The van der Waals surface area contributed by atoms with Crippen LogP contribution in [-0.2, 0) is 0 Å². The molecule has 0 atom stereocenters. The second-order valence-electron chi connectivity index (χ2n) is 3.39. The zero-order valence-electron chi connectivity index (χ0n) is 8.58. The van der Waals surface area contributed by atoms with Gasteiger partial charge in [-0.3, -0.25) is 0 Å². The summed E-state index contributed by atoms with van der Waals surface area (Å²) in [7, 11) is 0. The maximum atomic E-state index is 13.1. The van der Waals surface area contributed by atoms with Gasteiger partial charge in [0.2, 0.25) is 0 Å². The van der Waals surface area contributed by atoms with Gasteiger partial charge in [-0.25, -0.2) is 4.39 Å². The van der Waals surface area contributed by atoms with Crippen LogP contribution in [0.25, 0.3) is 0 Å². The minimum absolute atomic E-state index is 0.370. The van der Waals surface area contributed by atoms with Gasteiger partial charge in [-0.1, -0.05) is 31.9 Å². The van der Waals surface area contributed by atoms with Crippen LogP contribution in [0.2, 0.25) is 0 Å². The summed E-state index contributed by atoms with van der Waals surface area (Å²) in [6.07, 6.45) is 0. The predicted molar refractivity (Wildman–Crippen MR) is 72.7 cm³/mol. The smallest absolute Gasteiger partial charge is 0.150 e. The Morgan fingerprint density at radius 3 is 2.41 bits per heavy atom. The maximum absolute atomic E-state index is 13.1. The molecule has 2 N–H and O–H groups in total. The summed E-state index contributed by atoms with van der Waals surface area (Å²) in [5.74, 6) is 0.515. The second kappa shape index (κ2) is 5.06. The Labute approximate surface area is 115 Å². The molecule has 0 radical (unpaired) electrons. The summed E-state index contributed by atoms with van der Waals surface area (Å²) >= 11 is 6.50. The maximum Gasteiger partial charge on any atom is 0.150 e. The van der Waals surface area contributed by atoms with Crippen molar-refractivity contribution in [1.29, 1.82) is 0 Å². The lowest BCUT2D eigenvalue weighted by Gasteiger charge is -2.09. The molecule has 0 saturated heterocycles. The van der Waals surface area contributed by atoms with E-state index in [1.807, 2.05) is 0 Å². The summed E-state index contributed by atoms with van der Waals surface area (Å²) in [6, 6.07) is 9.58. The van der Waals surface area contributed by atoms with E-state index < -0.39 is 0 Å². The minimum atomic E-state index is -0.370. The molecule has 0 unspecified atom stereocenters. The van der Waals surface area contributed by atoms with Crippen LogP contribution in [-0.4, -0.2) is 0 Å². The molecule has 0 aromatic heterocycles. The zero-order valence-corrected chi connectivity index (χ0v) is 11.8. The molecule has 0 heterocycles. The molecular weight excluding hydrogens is 353 g/mol. The zero-order chi connectivity index (χ0) is 12.4. The Kier molecular flexibility index (Phi) is 3.69. The lowest BCUT2D eigenvalue weighted by Crippen LogP contribution is -1.92. The van der Waals surface area contributed by atoms with Crippen LogP contribution in [0.15, 0.2) is 45.3 Å². The van der Waals surface area contributed by atoms with Crippen molar-refractivity contribution in [2.45, 2.75) is 0 Å². The molecule has 2 rings (SSSR count). The van der Waals surface area contributed by atoms with Crippen molar-refractivity contribution in [3.05, 3.63) is 51.2 Å². The van der Waals surface area contributed by atoms with Gasteiger partial charge in [0.25, 0.3) is 0 Å². The van der Waals surface area contributed by atoms with Crippen molar-refractivity contribution in [2.75, 3.05) is 5.73 Å². The summed E-state index contributed by atoms with van der Waals surface area (Å²) in [5.41, 5.74) is 6.27. The fourth-order valence-electron chi connectivity index (χ4n) is 1.33. The first-order chi connectivity index (χ1) is 8.04. The van der Waals surface area contributed by atoms with E-state index in [0.717, 1.165) is 4.47 Å². The van der Waals surface area contributed by atoms with Crippen molar-refractivity contribution < 1.29 is 9.13 Å². The molecule has 0 spiro atoms. The Morgan fingerprint density at radius 1 is 1.00 bits per heavy atom. The fourth-order valence-corrected chi connectivity index (χ4v) is 2.15. The Bertz CT molecular complexity index is 540. The Morgan fingerprint density at radius 2 is 1.76 bits per heavy atom. The molecule has 2 aromatic rings. The average molecular weight is 361 g/mol. The Balaban J connectivity index is 2.31. The molecule has 0 fully saturated rings. The Hall–Kier alpha value is -1.07. The molecular formula is C12H8Br2FNO. The summed E-state index contributed by atoms with van der Waals surface area (Å²) in [4.78, 5) is 0. The fraction of sp³-hybridized carbons (Fsp3) is 0. The normalized spacial score (nSPS) is 10.3. The molecule has 0 amide bonds. The number of hydrogen-bond donors (Lipinski definition) is 1. The van der Waals surface area contributed by atoms with Crippen LogP contribution in [0, 0.1) is 5.82 Å². The first kappa shape index (κ1) is 12.4. The highest BCUT2D eigenvalue weighted by Crippen LogP contribution is 2.31. The van der Waals surface area contributed by atoms with E-state index >= 15 is 0 Å². The number of ether oxygens (including phenoxy) is 1. The number of rotatable bonds is 2. The van der Waals surface area contributed by atoms with Crippen LogP contribution in [0.5, 0.6) is 11.5 Å². The van der Waals surface area contributed by atoms with Crippen molar-refractivity contribution >= 4 is 37.5 Å². The van der Waals surface area contributed by atoms with Gasteiger partial charge in [0.1, 0.15) is 17.3 Å². The van der Waals surface area contributed by atoms with Crippen LogP contribution < -0.4 is 10.5 Å². The van der Waals surface area contributed by atoms with Gasteiger partial charge in [0, 0.05) is 15.0 Å². The van der Waals surface area contributed by atoms with E-state index in [0.29, 0.717) is 21.7 Å². The molecule has 2 nitrogen and oxygen atoms in total. The largest absolute Gasteiger partial charge is 0.455 e. The number of nitrogen functional groups attached to an aromatic ring is 1. The highest BCUT2D eigenvalue weighted by Gasteiger charge is 2.05. The number of hydrogen-bond acceptors (Lipinski definition) is 2. The van der Waals surface area contributed by atoms with E-state index in [1.54, 1.807) is 24.3 Å². The SMILES string of the molecule is Nc1cc(Br)ccc1Oc1cc(F)cc(Br)c1. The summed E-state index contributed by atoms with van der Waals surface area (Å²) in [5, 5.41) is 0. The topological polar surface area (TPSA) is 35.2 Å². The summed E-state index contributed by atoms with van der Waals surface area (Å²) < 4.78 is 20.1. The van der Waals surface area contributed by atoms with Crippen molar-refractivity contribution in [2.24, 2.45) is 0 Å². The third-order valence-corrected chi connectivity index (χ3v) is 2.99. The van der Waals surface area contributed by atoms with E-state index in [2.05, 4.69) is 31.9 Å². The predicted octanol–water partition coefficient (Wildman–Crippen LogP) is 4.73. The summed E-state index contributed by atoms with van der Waals surface area (Å²) in [6.45, 7) is 0. The van der Waals surface area contributed by atoms with Gasteiger partial charge in [0.15, 0.2) is 0 Å². The molecule has 0 aliphatic carbocycles. The average Bonchev–Trinajstić information content (AvgIpc) is 2.21. The monoisotopic (exact) mass is 359 g/mol. The second-order valence-corrected chi connectivity index (χ2v) is 5.22. The van der Waals surface area contributed by atoms with Gasteiger partial charge in [-0.2, -0.15) is 0 Å². The van der Waals surface area contributed by atoms with Gasteiger partial charge < -0.3 is 10.5 Å². The number of halogens is 3. The van der Waals surface area contributed by atoms with Gasteiger partial charge in [-0.15, -0.1) is 0 Å². The number of nitrogens with two attached hydrogens (primary N) is 1. The first-order valence-electron chi connectivity index (χ1n) is 4.73. The van der Waals surface area contributed by atoms with Crippen LogP contribution in [0.3, 0.4) is 0 Å². The highest BCUT2D eigenvalue weighted by atomic mass is 79.9. The van der Waals surface area contributed by atoms with Gasteiger partial charge in [0.05, 0.1) is 5.69 Å². The van der Waals surface area contributed by atoms with E-state index in [9.17, 15) is 4.39 Å². The first-order valence-corrected chi connectivity index (χ1v) is 6.32. The molecule has 0 saturated carbocycles. The van der Waals surface area contributed by atoms with Crippen molar-refractivity contribution in [1.82, 2.24) is 0 Å². The van der Waals surface area contributed by atoms with E-state index in [1.165, 1.54) is 12.1 Å². The third kappa shape index (κ3) is 3.20. The number of benzene rings is 2. The van der Waals surface area contributed by atoms with Gasteiger partial charge in [-0.05, 0) is 30.3 Å². The standard InChI is InChI=1S/C12H8Br2FNO/c13-7-1-2-12(11(16)5-7)17-10-4-8(14)3-9(15)6-10/h1-6H,16H2. The molecule has 5 heteroatoms. The quantitative estimate of drug-likeness (QED) is 0.786. The minimum Gasteiger partial charge on any atom is -0.455 e. The van der Waals surface area contributed by atoms with Crippen molar-refractivity contribution in [3.8, 4) is 11.5 Å². The third-order valence-electron chi connectivity index (χ3n) is 2.04. The van der Waals surface area contributed by atoms with Crippen LogP contribution in [0.4, 0.5) is 10.1 Å². The highest BCUT2D eigenvalue weighted by molar-refractivity contribution is 9.10. The molecule has 2 aromatic carbocycles. The lowest BCUT2D eigenvalue weighted by molar-refractivity contribution is 0.478. The van der Waals surface area contributed by atoms with E-state index in [4.69, 9.17) is 10.5 Å². The molecule has 17 heavy (non-hydrogen) atoms. The van der Waals surface area contributed by atoms with Gasteiger partial charge >= 0.3 is 0 Å². The molecule has 0 aliphatic rings. The lowest BCUT2D eigenvalue weighted by atomic mass is 10.3. The molecule has 0 aliphatic heterocycles. The molecule has 0 bridgehead atoms.